The Morgan fingerprint density at radius 2 is 2.12 bits per heavy atom. The fourth-order valence-corrected chi connectivity index (χ4v) is 3.39. The van der Waals surface area contributed by atoms with Crippen molar-refractivity contribution in [3.8, 4) is 0 Å². The van der Waals surface area contributed by atoms with Crippen molar-refractivity contribution < 1.29 is 4.79 Å². The van der Waals surface area contributed by atoms with Crippen LogP contribution >= 0.6 is 0 Å². The number of hydrogen-bond donors (Lipinski definition) is 3. The van der Waals surface area contributed by atoms with Gasteiger partial charge in [0.25, 0.3) is 0 Å². The zero-order valence-electron chi connectivity index (χ0n) is 14.2. The number of fused-ring (bicyclic) bond motifs is 2. The maximum atomic E-state index is 12.5. The molecule has 0 fully saturated rings. The fraction of sp³-hybridized carbons (Fsp3) is 0.353. The number of nitrogens with zero attached hydrogens (tertiary/aromatic N) is 3. The van der Waals surface area contributed by atoms with Crippen molar-refractivity contribution in [3.05, 3.63) is 52.0 Å². The van der Waals surface area contributed by atoms with Crippen LogP contribution in [-0.2, 0) is 31.9 Å². The lowest BCUT2D eigenvalue weighted by atomic mass is 10.0. The van der Waals surface area contributed by atoms with Crippen LogP contribution in [0.1, 0.15) is 23.0 Å². The summed E-state index contributed by atoms with van der Waals surface area (Å²) in [5.74, 6) is -0.102. The van der Waals surface area contributed by atoms with E-state index in [0.717, 1.165) is 41.0 Å². The van der Waals surface area contributed by atoms with E-state index in [4.69, 9.17) is 0 Å². The van der Waals surface area contributed by atoms with Gasteiger partial charge in [-0.1, -0.05) is 6.07 Å². The lowest BCUT2D eigenvalue weighted by Crippen LogP contribution is -2.41. The minimum Gasteiger partial charge on any atom is -0.350 e. The Balaban J connectivity index is 1.52. The Hall–Kier alpha value is -2.87. The number of nitrogens with one attached hydrogen (secondary N) is 3. The van der Waals surface area contributed by atoms with Crippen LogP contribution in [0.4, 0.5) is 0 Å². The van der Waals surface area contributed by atoms with Gasteiger partial charge in [-0.25, -0.2) is 9.78 Å². The third-order valence-electron chi connectivity index (χ3n) is 4.81. The number of rotatable bonds is 3. The number of carbonyl (C=O) groups is 1. The average molecular weight is 340 g/mol. The van der Waals surface area contributed by atoms with Gasteiger partial charge in [-0.3, -0.25) is 13.9 Å². The first-order valence-corrected chi connectivity index (χ1v) is 8.24. The predicted octanol–water partition coefficient (Wildman–Crippen LogP) is 0.103. The molecule has 0 radical (unpaired) electrons. The zero-order valence-corrected chi connectivity index (χ0v) is 14.2. The maximum Gasteiger partial charge on any atom is 0.328 e. The van der Waals surface area contributed by atoms with E-state index in [0.29, 0.717) is 6.54 Å². The van der Waals surface area contributed by atoms with Crippen LogP contribution in [0.25, 0.3) is 11.0 Å². The van der Waals surface area contributed by atoms with E-state index in [2.05, 4.69) is 20.6 Å². The summed E-state index contributed by atoms with van der Waals surface area (Å²) in [4.78, 5) is 31.9. The second kappa shape index (κ2) is 5.89. The highest BCUT2D eigenvalue weighted by molar-refractivity contribution is 5.83. The third-order valence-corrected chi connectivity index (χ3v) is 4.81. The molecule has 8 nitrogen and oxygen atoms in total. The van der Waals surface area contributed by atoms with E-state index in [1.807, 2.05) is 18.2 Å². The van der Waals surface area contributed by atoms with Gasteiger partial charge in [-0.2, -0.15) is 0 Å². The number of aromatic nitrogens is 4. The molecule has 4 rings (SSSR count). The fourth-order valence-electron chi connectivity index (χ4n) is 3.39. The van der Waals surface area contributed by atoms with E-state index in [-0.39, 0.29) is 11.6 Å². The Morgan fingerprint density at radius 3 is 2.96 bits per heavy atom. The van der Waals surface area contributed by atoms with E-state index in [1.165, 1.54) is 0 Å². The van der Waals surface area contributed by atoms with E-state index < -0.39 is 6.04 Å². The lowest BCUT2D eigenvalue weighted by molar-refractivity contribution is -0.123. The van der Waals surface area contributed by atoms with Crippen molar-refractivity contribution in [2.45, 2.75) is 19.0 Å². The molecule has 1 aromatic carbocycles. The minimum atomic E-state index is -0.431. The summed E-state index contributed by atoms with van der Waals surface area (Å²) >= 11 is 0. The van der Waals surface area contributed by atoms with Crippen molar-refractivity contribution in [2.24, 2.45) is 14.1 Å². The first-order chi connectivity index (χ1) is 12.1. The highest BCUT2D eigenvalue weighted by Crippen LogP contribution is 2.19. The largest absolute Gasteiger partial charge is 0.350 e. The SMILES string of the molecule is Cn1c(=O)n(C)c2cc(CNC(=O)C3NCCc4[nH]cnc43)ccc21. The molecule has 1 atom stereocenters. The first-order valence-electron chi connectivity index (χ1n) is 8.24. The van der Waals surface area contributed by atoms with Crippen molar-refractivity contribution in [1.82, 2.24) is 29.7 Å². The monoisotopic (exact) mass is 340 g/mol. The highest BCUT2D eigenvalue weighted by Gasteiger charge is 2.28. The molecule has 8 heteroatoms. The second-order valence-electron chi connectivity index (χ2n) is 6.34. The van der Waals surface area contributed by atoms with Crippen LogP contribution in [0.5, 0.6) is 0 Å². The zero-order chi connectivity index (χ0) is 17.6. The normalized spacial score (nSPS) is 16.8. The molecular formula is C17H20N6O2. The van der Waals surface area contributed by atoms with Crippen LogP contribution in [0.15, 0.2) is 29.3 Å². The minimum absolute atomic E-state index is 0.0614. The predicted molar refractivity (Wildman–Crippen MR) is 93.0 cm³/mol. The van der Waals surface area contributed by atoms with Crippen LogP contribution in [0, 0.1) is 0 Å². The maximum absolute atomic E-state index is 12.5. The number of imidazole rings is 2. The summed E-state index contributed by atoms with van der Waals surface area (Å²) in [5.41, 5.74) is 4.39. The molecule has 3 N–H and O–H groups in total. The number of amides is 1. The first kappa shape index (κ1) is 15.6. The van der Waals surface area contributed by atoms with Gasteiger partial charge >= 0.3 is 5.69 Å². The molecule has 3 heterocycles. The van der Waals surface area contributed by atoms with Gasteiger partial charge < -0.3 is 15.6 Å². The molecule has 0 bridgehead atoms. The molecule has 0 saturated heterocycles. The molecule has 2 aromatic heterocycles. The number of aryl methyl sites for hydroxylation is 2. The standard InChI is InChI=1S/C17H20N6O2/c1-22-12-4-3-10(7-13(12)23(2)17(22)25)8-19-16(24)15-14-11(5-6-18-15)20-9-21-14/h3-4,7,9,15,18H,5-6,8H2,1-2H3,(H,19,24)(H,20,21). The van der Waals surface area contributed by atoms with E-state index in [9.17, 15) is 9.59 Å². The van der Waals surface area contributed by atoms with Crippen molar-refractivity contribution >= 4 is 16.9 Å². The molecular weight excluding hydrogens is 320 g/mol. The van der Waals surface area contributed by atoms with Crippen LogP contribution in [-0.4, -0.2) is 31.6 Å². The molecule has 3 aromatic rings. The topological polar surface area (TPSA) is 96.7 Å². The Morgan fingerprint density at radius 1 is 1.32 bits per heavy atom. The summed E-state index contributed by atoms with van der Waals surface area (Å²) in [7, 11) is 3.50. The smallest absolute Gasteiger partial charge is 0.328 e. The number of hydrogen-bond acceptors (Lipinski definition) is 4. The van der Waals surface area contributed by atoms with Crippen LogP contribution in [0.2, 0.25) is 0 Å². The molecule has 0 saturated carbocycles. The second-order valence-corrected chi connectivity index (χ2v) is 6.34. The Labute approximate surface area is 143 Å². The summed E-state index contributed by atoms with van der Waals surface area (Å²) in [6.07, 6.45) is 2.47. The van der Waals surface area contributed by atoms with Crippen molar-refractivity contribution in [1.29, 1.82) is 0 Å². The van der Waals surface area contributed by atoms with Gasteiger partial charge in [0, 0.05) is 39.3 Å². The number of carbonyl (C=O) groups excluding carboxylic acids is 1. The van der Waals surface area contributed by atoms with Gasteiger partial charge in [0.1, 0.15) is 6.04 Å². The lowest BCUT2D eigenvalue weighted by Gasteiger charge is -2.22. The molecule has 0 spiro atoms. The van der Waals surface area contributed by atoms with Crippen LogP contribution < -0.4 is 16.3 Å². The van der Waals surface area contributed by atoms with Gasteiger partial charge in [-0.05, 0) is 17.7 Å². The number of H-pyrrole nitrogens is 1. The van der Waals surface area contributed by atoms with E-state index >= 15 is 0 Å². The van der Waals surface area contributed by atoms with Crippen LogP contribution in [0.3, 0.4) is 0 Å². The average Bonchev–Trinajstić information content (AvgIpc) is 3.19. The number of benzene rings is 1. The van der Waals surface area contributed by atoms with E-state index in [1.54, 1.807) is 29.6 Å². The quantitative estimate of drug-likeness (QED) is 0.630. The van der Waals surface area contributed by atoms with Gasteiger partial charge in [0.05, 0.1) is 23.1 Å². The summed E-state index contributed by atoms with van der Waals surface area (Å²) in [6.45, 7) is 1.14. The van der Waals surface area contributed by atoms with Crippen molar-refractivity contribution in [2.75, 3.05) is 6.54 Å². The summed E-state index contributed by atoms with van der Waals surface area (Å²) < 4.78 is 3.22. The molecule has 1 aliphatic heterocycles. The molecule has 1 aliphatic rings. The van der Waals surface area contributed by atoms with Gasteiger partial charge in [0.15, 0.2) is 0 Å². The summed E-state index contributed by atoms with van der Waals surface area (Å²) in [6, 6.07) is 5.34. The molecule has 130 valence electrons. The van der Waals surface area contributed by atoms with Crippen molar-refractivity contribution in [3.63, 3.8) is 0 Å². The Bertz CT molecular complexity index is 1010. The third kappa shape index (κ3) is 2.54. The summed E-state index contributed by atoms with van der Waals surface area (Å²) in [5, 5.41) is 6.16. The molecule has 25 heavy (non-hydrogen) atoms. The molecule has 1 unspecified atom stereocenters. The molecule has 1 amide bonds. The Kier molecular flexibility index (Phi) is 3.69. The van der Waals surface area contributed by atoms with Gasteiger partial charge in [-0.15, -0.1) is 0 Å². The van der Waals surface area contributed by atoms with Gasteiger partial charge in [0.2, 0.25) is 5.91 Å². The number of aromatic amines is 1. The highest BCUT2D eigenvalue weighted by atomic mass is 16.2. The molecule has 0 aliphatic carbocycles.